The topological polar surface area (TPSA) is 54.4 Å². The van der Waals surface area contributed by atoms with Crippen LogP contribution in [0.3, 0.4) is 0 Å². The Bertz CT molecular complexity index is 418. The Labute approximate surface area is 96.7 Å². The van der Waals surface area contributed by atoms with Crippen molar-refractivity contribution in [2.45, 2.75) is 18.2 Å². The predicted molar refractivity (Wildman–Crippen MR) is 59.4 cm³/mol. The predicted octanol–water partition coefficient (Wildman–Crippen LogP) is 2.60. The number of hydrogen-bond donors (Lipinski definition) is 1. The van der Waals surface area contributed by atoms with Crippen LogP contribution in [0.15, 0.2) is 23.1 Å². The van der Waals surface area contributed by atoms with Gasteiger partial charge in [0, 0.05) is 16.2 Å². The maximum absolute atomic E-state index is 13.4. The molecule has 0 aromatic heterocycles. The van der Waals surface area contributed by atoms with Crippen molar-refractivity contribution in [3.8, 4) is 0 Å². The van der Waals surface area contributed by atoms with E-state index in [1.165, 1.54) is 25.1 Å². The van der Waals surface area contributed by atoms with Crippen LogP contribution in [0.5, 0.6) is 0 Å². The maximum Gasteiger partial charge on any atom is 0.304 e. The second-order valence-electron chi connectivity index (χ2n) is 3.19. The van der Waals surface area contributed by atoms with Crippen LogP contribution in [0.25, 0.3) is 0 Å². The molecular formula is C11H11FO3S. The summed E-state index contributed by atoms with van der Waals surface area (Å²) in [5.41, 5.74) is 0.320. The molecule has 5 heteroatoms. The molecule has 0 bridgehead atoms. The highest BCUT2D eigenvalue weighted by Crippen LogP contribution is 2.23. The summed E-state index contributed by atoms with van der Waals surface area (Å²) in [4.78, 5) is 21.6. The zero-order valence-electron chi connectivity index (χ0n) is 8.70. The number of carboxylic acids is 1. The van der Waals surface area contributed by atoms with Gasteiger partial charge in [-0.25, -0.2) is 4.39 Å². The fourth-order valence-electron chi connectivity index (χ4n) is 1.09. The third kappa shape index (κ3) is 3.66. The number of thioether (sulfide) groups is 1. The summed E-state index contributed by atoms with van der Waals surface area (Å²) in [7, 11) is 0. The van der Waals surface area contributed by atoms with Gasteiger partial charge in [0.1, 0.15) is 5.82 Å². The lowest BCUT2D eigenvalue weighted by Crippen LogP contribution is -1.97. The first-order valence-electron chi connectivity index (χ1n) is 4.66. The number of halogens is 1. The summed E-state index contributed by atoms with van der Waals surface area (Å²) < 4.78 is 13.4. The van der Waals surface area contributed by atoms with Crippen molar-refractivity contribution in [1.82, 2.24) is 0 Å². The van der Waals surface area contributed by atoms with Gasteiger partial charge in [-0.05, 0) is 19.1 Å². The number of carbonyl (C=O) groups is 2. The molecule has 0 unspecified atom stereocenters. The number of hydrogen-bond acceptors (Lipinski definition) is 3. The first kappa shape index (κ1) is 12.7. The summed E-state index contributed by atoms with van der Waals surface area (Å²) >= 11 is 1.13. The lowest BCUT2D eigenvalue weighted by molar-refractivity contribution is -0.136. The molecule has 0 aliphatic carbocycles. The third-order valence-corrected chi connectivity index (χ3v) is 2.96. The first-order valence-corrected chi connectivity index (χ1v) is 5.64. The number of benzene rings is 1. The van der Waals surface area contributed by atoms with Crippen molar-refractivity contribution in [3.63, 3.8) is 0 Å². The van der Waals surface area contributed by atoms with E-state index < -0.39 is 11.8 Å². The Balaban J connectivity index is 2.68. The van der Waals surface area contributed by atoms with E-state index in [1.807, 2.05) is 0 Å². The minimum atomic E-state index is -0.909. The fraction of sp³-hybridized carbons (Fsp3) is 0.273. The smallest absolute Gasteiger partial charge is 0.304 e. The van der Waals surface area contributed by atoms with E-state index in [9.17, 15) is 14.0 Å². The molecule has 86 valence electrons. The lowest BCUT2D eigenvalue weighted by Gasteiger charge is -2.03. The summed E-state index contributed by atoms with van der Waals surface area (Å²) in [6.07, 6.45) is -0.0153. The van der Waals surface area contributed by atoms with Gasteiger partial charge in [-0.3, -0.25) is 9.59 Å². The zero-order valence-corrected chi connectivity index (χ0v) is 9.51. The largest absolute Gasteiger partial charge is 0.481 e. The average molecular weight is 242 g/mol. The van der Waals surface area contributed by atoms with Gasteiger partial charge in [0.15, 0.2) is 5.78 Å². The van der Waals surface area contributed by atoms with E-state index in [0.717, 1.165) is 11.8 Å². The quantitative estimate of drug-likeness (QED) is 0.637. The third-order valence-electron chi connectivity index (χ3n) is 1.91. The molecule has 1 aromatic rings. The molecule has 0 aliphatic rings. The fourth-order valence-corrected chi connectivity index (χ4v) is 1.94. The van der Waals surface area contributed by atoms with E-state index >= 15 is 0 Å². The number of Topliss-reactive ketones (excluding diaryl/α,β-unsaturated/α-hetero) is 1. The normalized spacial score (nSPS) is 10.1. The van der Waals surface area contributed by atoms with Crippen molar-refractivity contribution in [2.24, 2.45) is 0 Å². The molecule has 16 heavy (non-hydrogen) atoms. The summed E-state index contributed by atoms with van der Waals surface area (Å²) in [5, 5.41) is 8.43. The highest BCUT2D eigenvalue weighted by molar-refractivity contribution is 7.99. The van der Waals surface area contributed by atoms with Gasteiger partial charge in [-0.15, -0.1) is 11.8 Å². The van der Waals surface area contributed by atoms with E-state index in [4.69, 9.17) is 5.11 Å². The van der Waals surface area contributed by atoms with E-state index in [0.29, 0.717) is 16.2 Å². The summed E-state index contributed by atoms with van der Waals surface area (Å²) in [6, 6.07) is 4.21. The van der Waals surface area contributed by atoms with Crippen LogP contribution in [0.2, 0.25) is 0 Å². The summed E-state index contributed by atoms with van der Waals surface area (Å²) in [6.45, 7) is 1.37. The minimum absolute atomic E-state index is 0.0153. The van der Waals surface area contributed by atoms with Gasteiger partial charge in [-0.1, -0.05) is 6.07 Å². The number of aliphatic carboxylic acids is 1. The number of carboxylic acid groups (broad SMARTS) is 1. The van der Waals surface area contributed by atoms with Crippen molar-refractivity contribution in [1.29, 1.82) is 0 Å². The molecule has 0 fully saturated rings. The molecule has 0 saturated carbocycles. The zero-order chi connectivity index (χ0) is 12.1. The number of ketones is 1. The van der Waals surface area contributed by atoms with Crippen LogP contribution in [0.4, 0.5) is 4.39 Å². The van der Waals surface area contributed by atoms with Crippen LogP contribution < -0.4 is 0 Å². The summed E-state index contributed by atoms with van der Waals surface area (Å²) in [5.74, 6) is -1.27. The van der Waals surface area contributed by atoms with Gasteiger partial charge in [0.2, 0.25) is 0 Å². The SMILES string of the molecule is CC(=O)c1ccc(SCCC(=O)O)c(F)c1. The molecule has 0 heterocycles. The molecule has 0 amide bonds. The van der Waals surface area contributed by atoms with Gasteiger partial charge in [-0.2, -0.15) is 0 Å². The van der Waals surface area contributed by atoms with Gasteiger partial charge >= 0.3 is 5.97 Å². The molecule has 1 N–H and O–H groups in total. The molecule has 1 aromatic carbocycles. The maximum atomic E-state index is 13.4. The molecule has 0 atom stereocenters. The van der Waals surface area contributed by atoms with Crippen LogP contribution in [-0.2, 0) is 4.79 Å². The molecule has 0 radical (unpaired) electrons. The van der Waals surface area contributed by atoms with E-state index in [1.54, 1.807) is 0 Å². The number of rotatable bonds is 5. The highest BCUT2D eigenvalue weighted by Gasteiger charge is 2.07. The Morgan fingerprint density at radius 3 is 2.62 bits per heavy atom. The Hall–Kier alpha value is -1.36. The Morgan fingerprint density at radius 2 is 2.12 bits per heavy atom. The molecule has 0 saturated heterocycles. The first-order chi connectivity index (χ1) is 7.50. The van der Waals surface area contributed by atoms with Crippen LogP contribution in [0, 0.1) is 5.82 Å². The lowest BCUT2D eigenvalue weighted by atomic mass is 10.1. The average Bonchev–Trinajstić information content (AvgIpc) is 2.19. The number of carbonyl (C=O) groups excluding carboxylic acids is 1. The molecule has 1 rings (SSSR count). The van der Waals surface area contributed by atoms with Gasteiger partial charge < -0.3 is 5.11 Å². The van der Waals surface area contributed by atoms with Crippen LogP contribution >= 0.6 is 11.8 Å². The second kappa shape index (κ2) is 5.65. The van der Waals surface area contributed by atoms with Crippen molar-refractivity contribution < 1.29 is 19.1 Å². The standard InChI is InChI=1S/C11H11FO3S/c1-7(13)8-2-3-10(9(12)6-8)16-5-4-11(14)15/h2-3,6H,4-5H2,1H3,(H,14,15). The van der Waals surface area contributed by atoms with Crippen molar-refractivity contribution >= 4 is 23.5 Å². The van der Waals surface area contributed by atoms with Crippen molar-refractivity contribution in [3.05, 3.63) is 29.6 Å². The van der Waals surface area contributed by atoms with Crippen LogP contribution in [0.1, 0.15) is 23.7 Å². The van der Waals surface area contributed by atoms with Gasteiger partial charge in [0.05, 0.1) is 6.42 Å². The van der Waals surface area contributed by atoms with Gasteiger partial charge in [0.25, 0.3) is 0 Å². The molecule has 0 spiro atoms. The Morgan fingerprint density at radius 1 is 1.44 bits per heavy atom. The van der Waals surface area contributed by atoms with Crippen molar-refractivity contribution in [2.75, 3.05) is 5.75 Å². The van der Waals surface area contributed by atoms with E-state index in [-0.39, 0.29) is 12.2 Å². The molecule has 3 nitrogen and oxygen atoms in total. The monoisotopic (exact) mass is 242 g/mol. The Kier molecular flexibility index (Phi) is 4.49. The second-order valence-corrected chi connectivity index (χ2v) is 4.33. The minimum Gasteiger partial charge on any atom is -0.481 e. The van der Waals surface area contributed by atoms with Crippen LogP contribution in [-0.4, -0.2) is 22.6 Å². The van der Waals surface area contributed by atoms with E-state index in [2.05, 4.69) is 0 Å². The highest BCUT2D eigenvalue weighted by atomic mass is 32.2. The molecule has 0 aliphatic heterocycles. The molecular weight excluding hydrogens is 231 g/mol.